The smallest absolute Gasteiger partial charge is 0.347 e. The van der Waals surface area contributed by atoms with E-state index in [4.69, 9.17) is 9.47 Å². The minimum Gasteiger partial charge on any atom is -0.497 e. The molecule has 0 spiro atoms. The van der Waals surface area contributed by atoms with E-state index in [0.29, 0.717) is 17.0 Å². The van der Waals surface area contributed by atoms with E-state index in [1.54, 1.807) is 31.5 Å². The molecule has 0 amide bonds. The molecule has 0 saturated carbocycles. The Morgan fingerprint density at radius 3 is 2.52 bits per heavy atom. The van der Waals surface area contributed by atoms with Crippen molar-refractivity contribution in [1.82, 2.24) is 14.5 Å². The third-order valence-electron chi connectivity index (χ3n) is 4.67. The normalized spacial score (nSPS) is 11.0. The Bertz CT molecular complexity index is 1300. The van der Waals surface area contributed by atoms with Gasteiger partial charge in [-0.25, -0.2) is 22.9 Å². The van der Waals surface area contributed by atoms with Gasteiger partial charge >= 0.3 is 5.69 Å². The molecule has 158 valence electrons. The van der Waals surface area contributed by atoms with Gasteiger partial charge in [0.1, 0.15) is 18.1 Å². The lowest BCUT2D eigenvalue weighted by molar-refractivity contribution is 0.298. The maximum atomic E-state index is 13.5. The van der Waals surface area contributed by atoms with E-state index in [9.17, 15) is 18.0 Å². The lowest BCUT2D eigenvalue weighted by Crippen LogP contribution is -2.25. The van der Waals surface area contributed by atoms with Crippen LogP contribution in [-0.2, 0) is 6.54 Å². The van der Waals surface area contributed by atoms with E-state index in [-0.39, 0.29) is 24.3 Å². The van der Waals surface area contributed by atoms with Gasteiger partial charge in [-0.05, 0) is 35.9 Å². The van der Waals surface area contributed by atoms with Gasteiger partial charge < -0.3 is 9.47 Å². The van der Waals surface area contributed by atoms with Gasteiger partial charge in [0.2, 0.25) is 0 Å². The largest absolute Gasteiger partial charge is 0.497 e. The monoisotopic (exact) mass is 427 g/mol. The molecule has 0 unspecified atom stereocenters. The second-order valence-electron chi connectivity index (χ2n) is 6.61. The standard InChI is InChI=1S/C22H16F3N3O3/c1-30-15-2-3-16-19(10-15)26-5-4-20(16)31-7-6-28-12-14(11-27-22(28)29)13-8-17(23)21(25)18(24)9-13/h2-5,8-12H,6-7H2,1H3. The second-order valence-corrected chi connectivity index (χ2v) is 6.61. The molecule has 9 heteroatoms. The van der Waals surface area contributed by atoms with Crippen LogP contribution in [0, 0.1) is 17.5 Å². The Morgan fingerprint density at radius 2 is 1.77 bits per heavy atom. The molecular weight excluding hydrogens is 411 g/mol. The third-order valence-corrected chi connectivity index (χ3v) is 4.67. The predicted octanol–water partition coefficient (Wildman–Crippen LogP) is 3.96. The number of hydrogen-bond acceptors (Lipinski definition) is 5. The molecule has 6 nitrogen and oxygen atoms in total. The minimum atomic E-state index is -1.55. The average molecular weight is 427 g/mol. The number of hydrogen-bond donors (Lipinski definition) is 0. The van der Waals surface area contributed by atoms with Crippen LogP contribution >= 0.6 is 0 Å². The van der Waals surface area contributed by atoms with E-state index in [1.165, 1.54) is 17.0 Å². The first-order valence-corrected chi connectivity index (χ1v) is 9.23. The number of methoxy groups -OCH3 is 1. The van der Waals surface area contributed by atoms with Gasteiger partial charge in [0, 0.05) is 35.6 Å². The molecular formula is C22H16F3N3O3. The molecule has 0 N–H and O–H groups in total. The summed E-state index contributed by atoms with van der Waals surface area (Å²) in [6.07, 6.45) is 4.17. The molecule has 0 bridgehead atoms. The maximum Gasteiger partial charge on any atom is 0.347 e. The summed E-state index contributed by atoms with van der Waals surface area (Å²) in [5, 5.41) is 0.778. The van der Waals surface area contributed by atoms with Crippen molar-refractivity contribution < 1.29 is 22.6 Å². The fraction of sp³-hybridized carbons (Fsp3) is 0.136. The van der Waals surface area contributed by atoms with Crippen molar-refractivity contribution in [3.8, 4) is 22.6 Å². The van der Waals surface area contributed by atoms with Gasteiger partial charge in [-0.15, -0.1) is 0 Å². The minimum absolute atomic E-state index is 0.0626. The van der Waals surface area contributed by atoms with Crippen LogP contribution < -0.4 is 15.2 Å². The summed E-state index contributed by atoms with van der Waals surface area (Å²) in [5.41, 5.74) is 0.462. The first-order valence-electron chi connectivity index (χ1n) is 9.23. The summed E-state index contributed by atoms with van der Waals surface area (Å²) in [7, 11) is 1.57. The van der Waals surface area contributed by atoms with Crippen molar-refractivity contribution >= 4 is 10.9 Å². The Labute approximate surface area is 174 Å². The van der Waals surface area contributed by atoms with Crippen molar-refractivity contribution in [3.05, 3.63) is 82.9 Å². The maximum absolute atomic E-state index is 13.5. The highest BCUT2D eigenvalue weighted by Crippen LogP contribution is 2.27. The highest BCUT2D eigenvalue weighted by molar-refractivity contribution is 5.85. The van der Waals surface area contributed by atoms with E-state index in [0.717, 1.165) is 17.5 Å². The number of nitrogens with zero attached hydrogens (tertiary/aromatic N) is 3. The van der Waals surface area contributed by atoms with Gasteiger partial charge in [-0.2, -0.15) is 0 Å². The van der Waals surface area contributed by atoms with Crippen LogP contribution in [0.25, 0.3) is 22.0 Å². The SMILES string of the molecule is COc1ccc2c(OCCn3cc(-c4cc(F)c(F)c(F)c4)cnc3=O)ccnc2c1. The summed E-state index contributed by atoms with van der Waals surface area (Å²) >= 11 is 0. The molecule has 2 aromatic carbocycles. The number of rotatable bonds is 6. The van der Waals surface area contributed by atoms with Crippen molar-refractivity contribution in [3.63, 3.8) is 0 Å². The lowest BCUT2D eigenvalue weighted by atomic mass is 10.1. The van der Waals surface area contributed by atoms with Gasteiger partial charge in [0.25, 0.3) is 0 Å². The zero-order valence-electron chi connectivity index (χ0n) is 16.3. The summed E-state index contributed by atoms with van der Waals surface area (Å²) in [6, 6.07) is 8.78. The van der Waals surface area contributed by atoms with E-state index in [1.807, 2.05) is 6.07 Å². The zero-order valence-corrected chi connectivity index (χ0v) is 16.3. The fourth-order valence-corrected chi connectivity index (χ4v) is 3.10. The Balaban J connectivity index is 1.54. The predicted molar refractivity (Wildman–Crippen MR) is 108 cm³/mol. The van der Waals surface area contributed by atoms with Crippen LogP contribution in [0.15, 0.2) is 59.8 Å². The number of halogens is 3. The van der Waals surface area contributed by atoms with Crippen molar-refractivity contribution in [1.29, 1.82) is 0 Å². The van der Waals surface area contributed by atoms with Crippen LogP contribution in [0.3, 0.4) is 0 Å². The quantitative estimate of drug-likeness (QED) is 0.436. The summed E-state index contributed by atoms with van der Waals surface area (Å²) < 4.78 is 52.5. The van der Waals surface area contributed by atoms with Crippen molar-refractivity contribution in [2.45, 2.75) is 6.54 Å². The topological polar surface area (TPSA) is 66.2 Å². The second kappa shape index (κ2) is 8.47. The summed E-state index contributed by atoms with van der Waals surface area (Å²) in [4.78, 5) is 20.1. The molecule has 0 aliphatic heterocycles. The highest BCUT2D eigenvalue weighted by atomic mass is 19.2. The molecule has 4 aromatic rings. The number of ether oxygens (including phenoxy) is 2. The lowest BCUT2D eigenvalue weighted by Gasteiger charge is -2.11. The van der Waals surface area contributed by atoms with E-state index < -0.39 is 23.1 Å². The van der Waals surface area contributed by atoms with Crippen molar-refractivity contribution in [2.75, 3.05) is 13.7 Å². The van der Waals surface area contributed by atoms with Crippen molar-refractivity contribution in [2.24, 2.45) is 0 Å². The molecule has 2 heterocycles. The molecule has 0 atom stereocenters. The van der Waals surface area contributed by atoms with E-state index >= 15 is 0 Å². The van der Waals surface area contributed by atoms with E-state index in [2.05, 4.69) is 9.97 Å². The molecule has 0 aliphatic rings. The van der Waals surface area contributed by atoms with Crippen LogP contribution in [0.2, 0.25) is 0 Å². The van der Waals surface area contributed by atoms with Crippen LogP contribution in [-0.4, -0.2) is 28.3 Å². The fourth-order valence-electron chi connectivity index (χ4n) is 3.10. The Hall–Kier alpha value is -3.88. The van der Waals surface area contributed by atoms with Gasteiger partial charge in [0.05, 0.1) is 19.2 Å². The molecule has 0 fully saturated rings. The summed E-state index contributed by atoms with van der Waals surface area (Å²) in [6.45, 7) is 0.258. The first-order chi connectivity index (χ1) is 15.0. The Kier molecular flexibility index (Phi) is 5.57. The average Bonchev–Trinajstić information content (AvgIpc) is 2.78. The highest BCUT2D eigenvalue weighted by Gasteiger charge is 2.13. The number of aromatic nitrogens is 3. The molecule has 4 rings (SSSR count). The van der Waals surface area contributed by atoms with Gasteiger partial charge in [-0.1, -0.05) is 0 Å². The molecule has 31 heavy (non-hydrogen) atoms. The summed E-state index contributed by atoms with van der Waals surface area (Å²) in [5.74, 6) is -2.96. The Morgan fingerprint density at radius 1 is 1.00 bits per heavy atom. The number of benzene rings is 2. The number of pyridine rings is 1. The number of fused-ring (bicyclic) bond motifs is 1. The molecule has 0 radical (unpaired) electrons. The van der Waals surface area contributed by atoms with Gasteiger partial charge in [0.15, 0.2) is 17.5 Å². The molecule has 2 aromatic heterocycles. The molecule has 0 saturated heterocycles. The van der Waals surface area contributed by atoms with Crippen LogP contribution in [0.4, 0.5) is 13.2 Å². The van der Waals surface area contributed by atoms with Gasteiger partial charge in [-0.3, -0.25) is 9.55 Å². The first kappa shape index (κ1) is 20.4. The van der Waals surface area contributed by atoms with Crippen LogP contribution in [0.5, 0.6) is 11.5 Å². The third kappa shape index (κ3) is 4.20. The zero-order chi connectivity index (χ0) is 22.0. The molecule has 0 aliphatic carbocycles. The van der Waals surface area contributed by atoms with Crippen LogP contribution in [0.1, 0.15) is 0 Å².